The third-order valence-electron chi connectivity index (χ3n) is 7.18. The average Bonchev–Trinajstić information content (AvgIpc) is 3.06. The van der Waals surface area contributed by atoms with E-state index in [0.29, 0.717) is 12.1 Å². The van der Waals surface area contributed by atoms with Crippen LogP contribution in [0.1, 0.15) is 51.6 Å². The Kier molecular flexibility index (Phi) is 8.86. The van der Waals surface area contributed by atoms with Crippen LogP contribution >= 0.6 is 11.8 Å². The molecule has 8 heteroatoms. The van der Waals surface area contributed by atoms with Crippen molar-refractivity contribution in [2.75, 3.05) is 5.75 Å². The first kappa shape index (κ1) is 28.1. The molecule has 2 N–H and O–H groups in total. The molecule has 0 bridgehead atoms. The Bertz CT molecular complexity index is 1630. The number of para-hydroxylation sites is 2. The third-order valence-corrected chi connectivity index (χ3v) is 8.32. The number of benzene rings is 4. The van der Waals surface area contributed by atoms with Gasteiger partial charge in [-0.05, 0) is 41.0 Å². The minimum Gasteiger partial charge on any atom is -0.392 e. The number of hydrogen-bond acceptors (Lipinski definition) is 7. The average molecular weight is 578 g/mol. The summed E-state index contributed by atoms with van der Waals surface area (Å²) in [7, 11) is 0. The van der Waals surface area contributed by atoms with E-state index in [2.05, 4.69) is 27.4 Å². The number of ether oxygens (including phenoxy) is 2. The van der Waals surface area contributed by atoms with Gasteiger partial charge < -0.3 is 19.9 Å². The van der Waals surface area contributed by atoms with Gasteiger partial charge in [-0.2, -0.15) is 0 Å². The van der Waals surface area contributed by atoms with E-state index < -0.39 is 6.29 Å². The van der Waals surface area contributed by atoms with Crippen LogP contribution in [-0.4, -0.2) is 32.8 Å². The molecule has 4 aromatic carbocycles. The first-order valence-corrected chi connectivity index (χ1v) is 14.9. The second-order valence-electron chi connectivity index (χ2n) is 10.1. The summed E-state index contributed by atoms with van der Waals surface area (Å²) in [5.74, 6) is 0.529. The Labute approximate surface area is 248 Å². The summed E-state index contributed by atoms with van der Waals surface area (Å²) in [5, 5.41) is 12.4. The van der Waals surface area contributed by atoms with Gasteiger partial charge in [-0.1, -0.05) is 78.9 Å². The summed E-state index contributed by atoms with van der Waals surface area (Å²) in [6.45, 7) is 0.368. The van der Waals surface area contributed by atoms with Gasteiger partial charge in [0.25, 0.3) is 5.91 Å². The van der Waals surface area contributed by atoms with Crippen LogP contribution in [0.25, 0.3) is 11.0 Å². The van der Waals surface area contributed by atoms with Gasteiger partial charge in [0.05, 0.1) is 36.0 Å². The number of aliphatic hydroxyl groups excluding tert-OH is 1. The summed E-state index contributed by atoms with van der Waals surface area (Å²) in [5.41, 5.74) is 5.51. The molecule has 2 heterocycles. The highest BCUT2D eigenvalue weighted by atomic mass is 32.2. The zero-order chi connectivity index (χ0) is 28.7. The second-order valence-corrected chi connectivity index (χ2v) is 11.2. The lowest BCUT2D eigenvalue weighted by molar-refractivity contribution is -0.245. The molecule has 3 atom stereocenters. The number of thioether (sulfide) groups is 1. The fourth-order valence-corrected chi connectivity index (χ4v) is 5.80. The number of amides is 1. The maximum absolute atomic E-state index is 12.7. The van der Waals surface area contributed by atoms with E-state index in [4.69, 9.17) is 9.47 Å². The summed E-state index contributed by atoms with van der Waals surface area (Å²) in [6.07, 6.45) is 1.55. The minimum absolute atomic E-state index is 0.0103. The number of rotatable bonds is 9. The van der Waals surface area contributed by atoms with Gasteiger partial charge in [0.1, 0.15) is 5.69 Å². The van der Waals surface area contributed by atoms with Crippen molar-refractivity contribution in [3.05, 3.63) is 137 Å². The first-order chi connectivity index (χ1) is 20.6. The van der Waals surface area contributed by atoms with Crippen molar-refractivity contribution < 1.29 is 19.4 Å². The van der Waals surface area contributed by atoms with Gasteiger partial charge in [0.2, 0.25) is 0 Å². The number of carbonyl (C=O) groups excluding carboxylic acids is 1. The van der Waals surface area contributed by atoms with Crippen molar-refractivity contribution in [3.63, 3.8) is 0 Å². The smallest absolute Gasteiger partial charge is 0.271 e. The van der Waals surface area contributed by atoms with Gasteiger partial charge in [-0.25, -0.2) is 4.98 Å². The van der Waals surface area contributed by atoms with Crippen molar-refractivity contribution in [2.24, 2.45) is 0 Å². The van der Waals surface area contributed by atoms with Crippen molar-refractivity contribution in [2.45, 2.75) is 43.0 Å². The van der Waals surface area contributed by atoms with Crippen LogP contribution in [0.4, 0.5) is 0 Å². The number of aliphatic hydroxyl groups is 1. The van der Waals surface area contributed by atoms with Crippen LogP contribution in [0.5, 0.6) is 0 Å². The molecule has 0 saturated carbocycles. The van der Waals surface area contributed by atoms with Gasteiger partial charge in [0, 0.05) is 29.2 Å². The molecular weight excluding hydrogens is 546 g/mol. The normalized spacial score (nSPS) is 18.5. The van der Waals surface area contributed by atoms with Crippen LogP contribution in [0.2, 0.25) is 0 Å². The molecule has 0 spiro atoms. The second kappa shape index (κ2) is 13.3. The molecule has 5 aromatic rings. The van der Waals surface area contributed by atoms with Crippen LogP contribution in [0, 0.1) is 0 Å². The number of nitrogens with zero attached hydrogens (tertiary/aromatic N) is 2. The van der Waals surface area contributed by atoms with Crippen LogP contribution in [-0.2, 0) is 22.6 Å². The molecule has 212 valence electrons. The topological polar surface area (TPSA) is 93.6 Å². The van der Waals surface area contributed by atoms with Crippen LogP contribution in [0.3, 0.4) is 0 Å². The van der Waals surface area contributed by atoms with Gasteiger partial charge >= 0.3 is 0 Å². The largest absolute Gasteiger partial charge is 0.392 e. The molecule has 1 saturated heterocycles. The highest BCUT2D eigenvalue weighted by Crippen LogP contribution is 2.39. The van der Waals surface area contributed by atoms with E-state index in [1.54, 1.807) is 11.8 Å². The van der Waals surface area contributed by atoms with Crippen molar-refractivity contribution in [3.8, 4) is 0 Å². The molecule has 3 unspecified atom stereocenters. The Hall–Kier alpha value is -4.08. The van der Waals surface area contributed by atoms with E-state index in [0.717, 1.165) is 39.9 Å². The molecule has 1 aliphatic heterocycles. The summed E-state index contributed by atoms with van der Waals surface area (Å²) in [4.78, 5) is 22.7. The molecule has 1 aliphatic rings. The summed E-state index contributed by atoms with van der Waals surface area (Å²) in [6, 6.07) is 33.6. The number of hydrogen-bond donors (Lipinski definition) is 2. The lowest BCUT2D eigenvalue weighted by Gasteiger charge is -2.36. The molecule has 1 amide bonds. The highest BCUT2D eigenvalue weighted by molar-refractivity contribution is 7.99. The number of fused-ring (bicyclic) bond motifs is 1. The Morgan fingerprint density at radius 2 is 1.52 bits per heavy atom. The molecule has 0 aliphatic carbocycles. The van der Waals surface area contributed by atoms with Gasteiger partial charge in [-0.15, -0.1) is 11.8 Å². The predicted octanol–water partition coefficient (Wildman–Crippen LogP) is 6.39. The minimum atomic E-state index is -0.529. The fourth-order valence-electron chi connectivity index (χ4n) is 4.86. The van der Waals surface area contributed by atoms with Crippen molar-refractivity contribution in [1.29, 1.82) is 0 Å². The Balaban J connectivity index is 1.12. The molecule has 0 radical (unpaired) electrons. The lowest BCUT2D eigenvalue weighted by Crippen LogP contribution is -2.31. The molecule has 1 fully saturated rings. The SMILES string of the molecule is O=C(NCc1ccc(C2OC(CSc3ccccc3)CC(c3ccc(CO)cc3)O2)cc1)c1cnc2ccccc2n1. The highest BCUT2D eigenvalue weighted by Gasteiger charge is 2.32. The quantitative estimate of drug-likeness (QED) is 0.196. The standard InChI is InChI=1S/C34H31N3O4S/c38-21-24-12-14-25(15-13-24)32-18-27(22-42-28-6-2-1-3-7-28)40-34(41-32)26-16-10-23(11-17-26)19-36-33(39)31-20-35-29-8-4-5-9-30(29)37-31/h1-17,20,27,32,34,38H,18-19,21-22H2,(H,36,39). The monoisotopic (exact) mass is 577 g/mol. The Morgan fingerprint density at radius 1 is 0.833 bits per heavy atom. The summed E-state index contributed by atoms with van der Waals surface area (Å²) < 4.78 is 12.9. The molecule has 42 heavy (non-hydrogen) atoms. The van der Waals surface area contributed by atoms with E-state index in [1.807, 2.05) is 91.0 Å². The van der Waals surface area contributed by atoms with Crippen molar-refractivity contribution in [1.82, 2.24) is 15.3 Å². The van der Waals surface area contributed by atoms with Gasteiger partial charge in [-0.3, -0.25) is 9.78 Å². The Morgan fingerprint density at radius 3 is 2.29 bits per heavy atom. The first-order valence-electron chi connectivity index (χ1n) is 13.9. The molecular formula is C34H31N3O4S. The van der Waals surface area contributed by atoms with E-state index >= 15 is 0 Å². The summed E-state index contributed by atoms with van der Waals surface area (Å²) >= 11 is 1.77. The molecule has 6 rings (SSSR count). The zero-order valence-electron chi connectivity index (χ0n) is 22.9. The van der Waals surface area contributed by atoms with Crippen LogP contribution < -0.4 is 5.32 Å². The number of carbonyl (C=O) groups is 1. The fraction of sp³-hybridized carbons (Fsp3) is 0.206. The van der Waals surface area contributed by atoms with E-state index in [9.17, 15) is 9.90 Å². The van der Waals surface area contributed by atoms with Gasteiger partial charge in [0.15, 0.2) is 6.29 Å². The predicted molar refractivity (Wildman–Crippen MR) is 163 cm³/mol. The number of nitrogens with one attached hydrogen (secondary N) is 1. The number of aromatic nitrogens is 2. The van der Waals surface area contributed by atoms with E-state index in [1.165, 1.54) is 11.1 Å². The molecule has 7 nitrogen and oxygen atoms in total. The van der Waals surface area contributed by atoms with E-state index in [-0.39, 0.29) is 30.4 Å². The van der Waals surface area contributed by atoms with Crippen LogP contribution in [0.15, 0.2) is 114 Å². The molecule has 1 aromatic heterocycles. The lowest BCUT2D eigenvalue weighted by atomic mass is 10.0. The maximum atomic E-state index is 12.7. The third kappa shape index (κ3) is 6.86. The zero-order valence-corrected chi connectivity index (χ0v) is 23.7. The van der Waals surface area contributed by atoms with Crippen molar-refractivity contribution >= 4 is 28.7 Å². The maximum Gasteiger partial charge on any atom is 0.271 e.